The molecule has 9 heteroatoms. The maximum Gasteiger partial charge on any atom is 0.251 e. The number of ether oxygens (including phenoxy) is 1. The third-order valence-electron chi connectivity index (χ3n) is 8.98. The number of benzene rings is 3. The molecule has 1 amide bonds. The molecule has 41 heavy (non-hydrogen) atoms. The van der Waals surface area contributed by atoms with E-state index < -0.39 is 38.1 Å². The summed E-state index contributed by atoms with van der Waals surface area (Å²) in [6, 6.07) is 11.9. The largest absolute Gasteiger partial charge is 0.479 e. The Morgan fingerprint density at radius 1 is 1.17 bits per heavy atom. The first-order valence-corrected chi connectivity index (χ1v) is 17.1. The van der Waals surface area contributed by atoms with Crippen molar-refractivity contribution < 1.29 is 27.8 Å². The fourth-order valence-electron chi connectivity index (χ4n) is 5.68. The molecule has 1 aliphatic heterocycles. The van der Waals surface area contributed by atoms with Crippen LogP contribution in [0.2, 0.25) is 23.2 Å². The van der Waals surface area contributed by atoms with E-state index in [4.69, 9.17) is 20.8 Å². The number of aliphatic hydroxyl groups excluding tert-OH is 1. The quantitative estimate of drug-likeness (QED) is 0.288. The zero-order chi connectivity index (χ0) is 29.9. The molecular formula is C32H36ClF2NO4Si. The van der Waals surface area contributed by atoms with Crippen LogP contribution in [-0.2, 0) is 22.9 Å². The van der Waals surface area contributed by atoms with Crippen molar-refractivity contribution in [2.24, 2.45) is 0 Å². The molecule has 1 unspecified atom stereocenters. The van der Waals surface area contributed by atoms with Crippen molar-refractivity contribution in [3.63, 3.8) is 0 Å². The number of fused-ring (bicyclic) bond motifs is 2. The summed E-state index contributed by atoms with van der Waals surface area (Å²) < 4.78 is 45.0. The Kier molecular flexibility index (Phi) is 7.60. The standard InChI is InChI=1S/C32H36ClF2NO4Si/c1-31(2,3)41(5,6)40-24-13-12-19-20(24)14-21(30(38)36-4)27(29(19)35)26-22-16-32(17-37,18-10-8-7-9-11-18)39-25(22)15-23(34)28(26)33/h7-11,14-15,24,37H,12-13,16-17H2,1-6H3,(H,36,38)/t24?,32-/m1/s1. The molecule has 0 fully saturated rings. The highest BCUT2D eigenvalue weighted by molar-refractivity contribution is 6.74. The van der Waals surface area contributed by atoms with E-state index in [0.717, 1.165) is 6.07 Å². The van der Waals surface area contributed by atoms with Crippen LogP contribution in [-0.4, -0.2) is 33.0 Å². The maximum atomic E-state index is 16.7. The van der Waals surface area contributed by atoms with Crippen LogP contribution in [0.1, 0.15) is 65.9 Å². The number of amides is 1. The zero-order valence-electron chi connectivity index (χ0n) is 24.3. The fraction of sp³-hybridized carbons (Fsp3) is 0.406. The minimum Gasteiger partial charge on any atom is -0.479 e. The maximum absolute atomic E-state index is 16.7. The molecule has 0 saturated carbocycles. The number of nitrogens with one attached hydrogen (secondary N) is 1. The summed E-state index contributed by atoms with van der Waals surface area (Å²) in [5.41, 5.74) is 1.05. The molecule has 2 atom stereocenters. The van der Waals surface area contributed by atoms with Crippen molar-refractivity contribution in [3.05, 3.63) is 86.9 Å². The minimum atomic E-state index is -2.20. The molecule has 218 valence electrons. The summed E-state index contributed by atoms with van der Waals surface area (Å²) in [6.07, 6.45) is 0.751. The monoisotopic (exact) mass is 599 g/mol. The van der Waals surface area contributed by atoms with Gasteiger partial charge in [0.2, 0.25) is 0 Å². The smallest absolute Gasteiger partial charge is 0.251 e. The number of rotatable bonds is 6. The molecule has 1 aliphatic carbocycles. The Morgan fingerprint density at radius 2 is 1.85 bits per heavy atom. The Bertz CT molecular complexity index is 1520. The van der Waals surface area contributed by atoms with Crippen LogP contribution in [0.5, 0.6) is 5.75 Å². The van der Waals surface area contributed by atoms with Crippen LogP contribution < -0.4 is 10.1 Å². The van der Waals surface area contributed by atoms with Gasteiger partial charge in [-0.1, -0.05) is 62.7 Å². The predicted octanol–water partition coefficient (Wildman–Crippen LogP) is 7.48. The van der Waals surface area contributed by atoms with Crippen molar-refractivity contribution in [1.29, 1.82) is 0 Å². The summed E-state index contributed by atoms with van der Waals surface area (Å²) >= 11 is 6.59. The van der Waals surface area contributed by atoms with Gasteiger partial charge in [0.05, 0.1) is 23.3 Å². The molecule has 0 bridgehead atoms. The van der Waals surface area contributed by atoms with Gasteiger partial charge in [-0.25, -0.2) is 8.78 Å². The van der Waals surface area contributed by atoms with E-state index in [-0.39, 0.29) is 45.0 Å². The molecule has 2 aliphatic rings. The molecule has 3 aromatic rings. The van der Waals surface area contributed by atoms with Gasteiger partial charge >= 0.3 is 0 Å². The molecule has 0 radical (unpaired) electrons. The highest BCUT2D eigenvalue weighted by Crippen LogP contribution is 2.52. The van der Waals surface area contributed by atoms with Crippen LogP contribution >= 0.6 is 11.6 Å². The Hall–Kier alpha value is -2.78. The summed E-state index contributed by atoms with van der Waals surface area (Å²) in [7, 11) is -0.737. The molecule has 2 N–H and O–H groups in total. The lowest BCUT2D eigenvalue weighted by molar-refractivity contribution is 0.0246. The third-order valence-corrected chi connectivity index (χ3v) is 13.8. The first-order valence-electron chi connectivity index (χ1n) is 13.9. The fourth-order valence-corrected chi connectivity index (χ4v) is 7.25. The van der Waals surface area contributed by atoms with Crippen LogP contribution in [0, 0.1) is 11.6 Å². The molecular weight excluding hydrogens is 564 g/mol. The Balaban J connectivity index is 1.71. The van der Waals surface area contributed by atoms with Gasteiger partial charge in [-0.2, -0.15) is 0 Å². The lowest BCUT2D eigenvalue weighted by atomic mass is 9.85. The third kappa shape index (κ3) is 4.88. The second-order valence-electron chi connectivity index (χ2n) is 12.5. The molecule has 1 heterocycles. The minimum absolute atomic E-state index is 0.0467. The molecule has 3 aromatic carbocycles. The van der Waals surface area contributed by atoms with Crippen molar-refractivity contribution in [2.45, 2.75) is 69.9 Å². The van der Waals surface area contributed by atoms with Crippen molar-refractivity contribution in [3.8, 4) is 16.9 Å². The number of carbonyl (C=O) groups is 1. The average Bonchev–Trinajstić information content (AvgIpc) is 3.51. The highest BCUT2D eigenvalue weighted by atomic mass is 35.5. The van der Waals surface area contributed by atoms with E-state index in [1.807, 2.05) is 30.3 Å². The first kappa shape index (κ1) is 29.7. The highest BCUT2D eigenvalue weighted by Gasteiger charge is 2.45. The van der Waals surface area contributed by atoms with E-state index in [2.05, 4.69) is 39.2 Å². The van der Waals surface area contributed by atoms with E-state index in [1.54, 1.807) is 6.07 Å². The number of aliphatic hydroxyl groups is 1. The van der Waals surface area contributed by atoms with Gasteiger partial charge < -0.3 is 19.6 Å². The first-order chi connectivity index (χ1) is 19.2. The molecule has 0 saturated heterocycles. The molecule has 0 aromatic heterocycles. The number of carbonyl (C=O) groups excluding carboxylic acids is 1. The summed E-state index contributed by atoms with van der Waals surface area (Å²) in [5, 5.41) is 12.7. The second-order valence-corrected chi connectivity index (χ2v) is 17.6. The van der Waals surface area contributed by atoms with E-state index in [1.165, 1.54) is 7.05 Å². The van der Waals surface area contributed by atoms with Crippen molar-refractivity contribution in [2.75, 3.05) is 13.7 Å². The van der Waals surface area contributed by atoms with Crippen molar-refractivity contribution in [1.82, 2.24) is 5.32 Å². The van der Waals surface area contributed by atoms with Crippen molar-refractivity contribution >= 4 is 25.8 Å². The number of hydrogen-bond acceptors (Lipinski definition) is 4. The lowest BCUT2D eigenvalue weighted by Gasteiger charge is -2.38. The molecule has 5 nitrogen and oxygen atoms in total. The predicted molar refractivity (Wildman–Crippen MR) is 159 cm³/mol. The average molecular weight is 600 g/mol. The molecule has 5 rings (SSSR count). The summed E-state index contributed by atoms with van der Waals surface area (Å²) in [5.74, 6) is -1.78. The van der Waals surface area contributed by atoms with Crippen LogP contribution in [0.15, 0.2) is 42.5 Å². The van der Waals surface area contributed by atoms with Crippen LogP contribution in [0.4, 0.5) is 8.78 Å². The van der Waals surface area contributed by atoms with Gasteiger partial charge in [0.15, 0.2) is 13.9 Å². The number of hydrogen-bond donors (Lipinski definition) is 2. The Morgan fingerprint density at radius 3 is 2.46 bits per heavy atom. The zero-order valence-corrected chi connectivity index (χ0v) is 26.0. The Labute approximate surface area is 246 Å². The normalized spacial score (nSPS) is 20.0. The van der Waals surface area contributed by atoms with Gasteiger partial charge in [-0.15, -0.1) is 0 Å². The SMILES string of the molecule is CNC(=O)c1cc2c(c(F)c1-c1c(Cl)c(F)cc3c1C[C@@](CO)(c1ccccc1)O3)CCC2O[Si](C)(C)C(C)(C)C. The lowest BCUT2D eigenvalue weighted by Crippen LogP contribution is -2.41. The van der Waals surface area contributed by atoms with E-state index >= 15 is 8.78 Å². The van der Waals surface area contributed by atoms with E-state index in [9.17, 15) is 9.90 Å². The second kappa shape index (κ2) is 10.5. The topological polar surface area (TPSA) is 67.8 Å². The molecule has 0 spiro atoms. The number of halogens is 3. The van der Waals surface area contributed by atoms with Gasteiger partial charge in [-0.05, 0) is 53.7 Å². The van der Waals surface area contributed by atoms with Crippen LogP contribution in [0.3, 0.4) is 0 Å². The summed E-state index contributed by atoms with van der Waals surface area (Å²) in [4.78, 5) is 13.3. The summed E-state index contributed by atoms with van der Waals surface area (Å²) in [6.45, 7) is 10.3. The van der Waals surface area contributed by atoms with Crippen LogP contribution in [0.25, 0.3) is 11.1 Å². The van der Waals surface area contributed by atoms with Gasteiger partial charge in [0, 0.05) is 36.2 Å². The van der Waals surface area contributed by atoms with Gasteiger partial charge in [0.1, 0.15) is 17.4 Å². The van der Waals surface area contributed by atoms with E-state index in [0.29, 0.717) is 35.1 Å². The van der Waals surface area contributed by atoms with Gasteiger partial charge in [-0.3, -0.25) is 4.79 Å². The van der Waals surface area contributed by atoms with Gasteiger partial charge in [0.25, 0.3) is 5.91 Å².